The number of Topliss-reactive ketones (excluding diaryl/α,β-unsaturated/α-hetero) is 1. The van der Waals surface area contributed by atoms with Gasteiger partial charge in [-0.05, 0) is 43.2 Å². The smallest absolute Gasteiger partial charge is 0.302 e. The van der Waals surface area contributed by atoms with Crippen LogP contribution < -0.4 is 10.3 Å². The molecule has 0 N–H and O–H groups in total. The van der Waals surface area contributed by atoms with E-state index < -0.39 is 46.7 Å². The number of fused-ring (bicyclic) bond motifs is 3. The molecule has 1 fully saturated rings. The maximum atomic E-state index is 13.0. The van der Waals surface area contributed by atoms with Crippen molar-refractivity contribution in [2.75, 3.05) is 6.61 Å². The molecule has 0 radical (unpaired) electrons. The number of carbonyl (C=O) groups excluding carboxylic acids is 1. The largest absolute Gasteiger partial charge is 0.454 e. The summed E-state index contributed by atoms with van der Waals surface area (Å²) >= 11 is 0. The van der Waals surface area contributed by atoms with Gasteiger partial charge in [0.1, 0.15) is 17.8 Å². The third kappa shape index (κ3) is 4.77. The monoisotopic (exact) mass is 496 g/mol. The van der Waals surface area contributed by atoms with Crippen LogP contribution in [0.25, 0.3) is 0 Å². The highest BCUT2D eigenvalue weighted by atomic mass is 28.4. The van der Waals surface area contributed by atoms with Gasteiger partial charge in [-0.15, -0.1) is 0 Å². The molecule has 1 aromatic rings. The van der Waals surface area contributed by atoms with Crippen LogP contribution in [0.3, 0.4) is 0 Å². The van der Waals surface area contributed by atoms with E-state index in [0.717, 1.165) is 0 Å². The molecule has 0 aromatic carbocycles. The number of aromatic nitrogens is 2. The molecule has 0 amide bonds. The van der Waals surface area contributed by atoms with Crippen molar-refractivity contribution < 1.29 is 23.1 Å². The van der Waals surface area contributed by atoms with Crippen molar-refractivity contribution in [1.82, 2.24) is 9.55 Å². The van der Waals surface area contributed by atoms with Crippen LogP contribution in [0.15, 0.2) is 11.0 Å². The minimum Gasteiger partial charge on any atom is -0.454 e. The van der Waals surface area contributed by atoms with E-state index in [0.29, 0.717) is 6.61 Å². The number of hydrogen-bond donors (Lipinski definition) is 0. The van der Waals surface area contributed by atoms with Gasteiger partial charge in [-0.2, -0.15) is 0 Å². The molecule has 0 unspecified atom stereocenters. The Morgan fingerprint density at radius 2 is 1.67 bits per heavy atom. The highest BCUT2D eigenvalue weighted by Crippen LogP contribution is 2.45. The first kappa shape index (κ1) is 26.3. The molecule has 186 valence electrons. The van der Waals surface area contributed by atoms with Crippen molar-refractivity contribution in [3.05, 3.63) is 22.1 Å². The van der Waals surface area contributed by atoms with Gasteiger partial charge in [0.25, 0.3) is 5.56 Å². The van der Waals surface area contributed by atoms with Crippen LogP contribution in [0.2, 0.25) is 36.3 Å². The van der Waals surface area contributed by atoms with Gasteiger partial charge in [0.05, 0.1) is 6.61 Å². The Labute approximate surface area is 199 Å². The minimum atomic E-state index is -2.20. The van der Waals surface area contributed by atoms with Crippen molar-refractivity contribution in [2.24, 2.45) is 0 Å². The fourth-order valence-electron chi connectivity index (χ4n) is 3.47. The van der Waals surface area contributed by atoms with E-state index in [1.54, 1.807) is 0 Å². The first-order chi connectivity index (χ1) is 14.9. The summed E-state index contributed by atoms with van der Waals surface area (Å²) in [6.45, 7) is 23.6. The van der Waals surface area contributed by atoms with Crippen molar-refractivity contribution in [3.8, 4) is 6.01 Å². The zero-order chi connectivity index (χ0) is 25.1. The second-order valence-electron chi connectivity index (χ2n) is 12.2. The van der Waals surface area contributed by atoms with Gasteiger partial charge < -0.3 is 18.3 Å². The summed E-state index contributed by atoms with van der Waals surface area (Å²) in [5.74, 6) is -0.337. The molecule has 2 aliphatic heterocycles. The quantitative estimate of drug-likeness (QED) is 0.423. The van der Waals surface area contributed by atoms with Gasteiger partial charge in [-0.1, -0.05) is 41.5 Å². The van der Waals surface area contributed by atoms with Crippen molar-refractivity contribution >= 4 is 22.4 Å². The first-order valence-electron chi connectivity index (χ1n) is 11.6. The molecular weight excluding hydrogens is 456 g/mol. The Bertz CT molecular complexity index is 977. The van der Waals surface area contributed by atoms with E-state index >= 15 is 0 Å². The van der Waals surface area contributed by atoms with E-state index in [-0.39, 0.29) is 27.4 Å². The van der Waals surface area contributed by atoms with E-state index in [1.165, 1.54) is 17.7 Å². The molecule has 8 nitrogen and oxygen atoms in total. The Hall–Kier alpha value is -1.34. The number of nitrogens with zero attached hydrogens (tertiary/aromatic N) is 2. The molecule has 0 saturated carbocycles. The van der Waals surface area contributed by atoms with Crippen LogP contribution in [-0.4, -0.2) is 56.9 Å². The van der Waals surface area contributed by atoms with Gasteiger partial charge in [0, 0.05) is 6.20 Å². The maximum absolute atomic E-state index is 13.0. The Morgan fingerprint density at radius 3 is 2.18 bits per heavy atom. The van der Waals surface area contributed by atoms with Gasteiger partial charge in [0.15, 0.2) is 34.7 Å². The molecule has 3 rings (SSSR count). The van der Waals surface area contributed by atoms with Crippen LogP contribution in [0.5, 0.6) is 6.01 Å². The van der Waals surface area contributed by atoms with Gasteiger partial charge in [-0.3, -0.25) is 9.59 Å². The molecule has 1 saturated heterocycles. The summed E-state index contributed by atoms with van der Waals surface area (Å²) in [6, 6.07) is 0.160. The number of ether oxygens (including phenoxy) is 2. The zero-order valence-electron chi connectivity index (χ0n) is 21.9. The normalized spacial score (nSPS) is 25.5. The molecule has 10 heteroatoms. The molecule has 0 bridgehead atoms. The summed E-state index contributed by atoms with van der Waals surface area (Å²) in [5.41, 5.74) is -0.425. The highest BCUT2D eigenvalue weighted by Gasteiger charge is 2.56. The zero-order valence-corrected chi connectivity index (χ0v) is 23.9. The summed E-state index contributed by atoms with van der Waals surface area (Å²) in [5, 5.41) is 0.0376. The van der Waals surface area contributed by atoms with Crippen molar-refractivity contribution in [3.63, 3.8) is 0 Å². The third-order valence-corrected chi connectivity index (χ3v) is 16.7. The molecule has 1 aromatic heterocycles. The van der Waals surface area contributed by atoms with Gasteiger partial charge >= 0.3 is 6.01 Å². The van der Waals surface area contributed by atoms with E-state index in [4.69, 9.17) is 18.3 Å². The van der Waals surface area contributed by atoms with Gasteiger partial charge in [-0.25, -0.2) is 9.55 Å². The van der Waals surface area contributed by atoms with Crippen molar-refractivity contribution in [1.29, 1.82) is 0 Å². The van der Waals surface area contributed by atoms with Crippen LogP contribution in [0.1, 0.15) is 65.1 Å². The van der Waals surface area contributed by atoms with Crippen LogP contribution in [-0.2, 0) is 13.6 Å². The molecule has 4 atom stereocenters. The lowest BCUT2D eigenvalue weighted by Gasteiger charge is -2.41. The van der Waals surface area contributed by atoms with Crippen LogP contribution >= 0.6 is 0 Å². The lowest BCUT2D eigenvalue weighted by atomic mass is 10.1. The number of hydrogen-bond acceptors (Lipinski definition) is 7. The molecule has 0 spiro atoms. The minimum absolute atomic E-state index is 0.0156. The average molecular weight is 497 g/mol. The third-order valence-electron chi connectivity index (χ3n) is 7.77. The lowest BCUT2D eigenvalue weighted by Crippen LogP contribution is -2.51. The summed E-state index contributed by atoms with van der Waals surface area (Å²) < 4.78 is 27.2. The molecule has 3 heterocycles. The fourth-order valence-corrected chi connectivity index (χ4v) is 5.80. The summed E-state index contributed by atoms with van der Waals surface area (Å²) in [7, 11) is -4.23. The Kier molecular flexibility index (Phi) is 6.69. The second kappa shape index (κ2) is 8.40. The topological polar surface area (TPSA) is 88.9 Å². The lowest BCUT2D eigenvalue weighted by molar-refractivity contribution is -0.0394. The van der Waals surface area contributed by atoms with Crippen LogP contribution in [0.4, 0.5) is 0 Å². The second-order valence-corrected chi connectivity index (χ2v) is 21.8. The van der Waals surface area contributed by atoms with E-state index in [9.17, 15) is 9.59 Å². The predicted octanol–water partition coefficient (Wildman–Crippen LogP) is 4.52. The summed E-state index contributed by atoms with van der Waals surface area (Å²) in [4.78, 5) is 29.2. The van der Waals surface area contributed by atoms with Crippen LogP contribution in [0, 0.1) is 0 Å². The fraction of sp³-hybridized carbons (Fsp3) is 0.783. The Morgan fingerprint density at radius 1 is 1.09 bits per heavy atom. The van der Waals surface area contributed by atoms with Gasteiger partial charge in [0.2, 0.25) is 0 Å². The molecule has 2 aliphatic rings. The average Bonchev–Trinajstić information content (AvgIpc) is 3.14. The molecular formula is C23H40N2O6Si2. The number of rotatable bonds is 6. The molecule has 33 heavy (non-hydrogen) atoms. The van der Waals surface area contributed by atoms with Crippen molar-refractivity contribution in [2.45, 2.75) is 109 Å². The summed E-state index contributed by atoms with van der Waals surface area (Å²) in [6.07, 6.45) is -0.775. The number of carbonyl (C=O) groups is 1. The maximum Gasteiger partial charge on any atom is 0.302 e. The van der Waals surface area contributed by atoms with E-state index in [1.807, 2.05) is 0 Å². The SMILES string of the molecule is CC(=O)c1cnc2n(c1=O)[C@@H]1O[C@H](CO[Si](C)(C)C(C)(C)C)[C@@H](O[Si](C)(C)C(C)(C)C)[C@@H]1O2. The molecule has 0 aliphatic carbocycles. The predicted molar refractivity (Wildman–Crippen MR) is 132 cm³/mol. The first-order valence-corrected chi connectivity index (χ1v) is 17.5. The Balaban J connectivity index is 1.96. The highest BCUT2D eigenvalue weighted by molar-refractivity contribution is 6.74. The number of ketones is 1. The van der Waals surface area contributed by atoms with E-state index in [2.05, 4.69) is 72.7 Å². The standard InChI is InChI=1S/C23H40N2O6Si2/c1-14(26)15-12-24-21-25(19(15)27)20-18(30-21)17(31-33(10,11)23(5,6)7)16(29-20)13-28-32(8,9)22(2,3)4/h12,16-18,20H,13H2,1-11H3/t16-,17-,18+,20-/m1/s1.